The molecule has 3 heteroatoms. The van der Waals surface area contributed by atoms with Crippen molar-refractivity contribution in [1.82, 2.24) is 5.01 Å². The molecular weight excluding hydrogens is 104 g/mol. The van der Waals surface area contributed by atoms with Crippen LogP contribution in [0.2, 0.25) is 0 Å². The Morgan fingerprint density at radius 3 is 2.75 bits per heavy atom. The molecule has 1 saturated heterocycles. The fourth-order valence-electron chi connectivity index (χ4n) is 1.01. The van der Waals surface area contributed by atoms with E-state index in [1.807, 2.05) is 0 Å². The first-order valence-electron chi connectivity index (χ1n) is 2.88. The highest BCUT2D eigenvalue weighted by atomic mass is 16.5. The van der Waals surface area contributed by atoms with Crippen molar-refractivity contribution in [3.63, 3.8) is 0 Å². The Kier molecular flexibility index (Phi) is 1.83. The molecule has 0 aromatic rings. The summed E-state index contributed by atoms with van der Waals surface area (Å²) in [4.78, 5) is 0. The van der Waals surface area contributed by atoms with Crippen molar-refractivity contribution < 1.29 is 4.74 Å². The van der Waals surface area contributed by atoms with Crippen LogP contribution in [0.5, 0.6) is 0 Å². The minimum Gasteiger partial charge on any atom is -0.365 e. The zero-order valence-corrected chi connectivity index (χ0v) is 5.13. The number of nitrogens with two attached hydrogens (primary N) is 1. The van der Waals surface area contributed by atoms with Crippen LogP contribution >= 0.6 is 0 Å². The van der Waals surface area contributed by atoms with Crippen LogP contribution in [-0.4, -0.2) is 24.9 Å². The summed E-state index contributed by atoms with van der Waals surface area (Å²) in [6.45, 7) is 0.971. The van der Waals surface area contributed by atoms with E-state index in [1.54, 1.807) is 12.1 Å². The van der Waals surface area contributed by atoms with Gasteiger partial charge in [-0.25, -0.2) is 5.01 Å². The van der Waals surface area contributed by atoms with Gasteiger partial charge in [-0.2, -0.15) is 0 Å². The van der Waals surface area contributed by atoms with E-state index in [0.29, 0.717) is 0 Å². The van der Waals surface area contributed by atoms with Crippen molar-refractivity contribution in [2.24, 2.45) is 5.84 Å². The third kappa shape index (κ3) is 0.992. The Hall–Kier alpha value is -0.120. The minimum atomic E-state index is 0.176. The third-order valence-corrected chi connectivity index (χ3v) is 1.51. The van der Waals surface area contributed by atoms with Crippen LogP contribution in [0.4, 0.5) is 0 Å². The van der Waals surface area contributed by atoms with Crippen LogP contribution in [0.25, 0.3) is 0 Å². The first-order valence-corrected chi connectivity index (χ1v) is 2.88. The third-order valence-electron chi connectivity index (χ3n) is 1.51. The van der Waals surface area contributed by atoms with Gasteiger partial charge in [-0.3, -0.25) is 5.84 Å². The maximum atomic E-state index is 5.50. The van der Waals surface area contributed by atoms with Crippen molar-refractivity contribution in [3.05, 3.63) is 0 Å². The van der Waals surface area contributed by atoms with Crippen LogP contribution in [0.3, 0.4) is 0 Å². The van der Waals surface area contributed by atoms with E-state index in [-0.39, 0.29) is 6.23 Å². The number of ether oxygens (including phenoxy) is 1. The SMILES string of the molecule is COC1CCCN1N. The van der Waals surface area contributed by atoms with Gasteiger partial charge in [-0.15, -0.1) is 0 Å². The number of rotatable bonds is 1. The second-order valence-electron chi connectivity index (χ2n) is 2.07. The van der Waals surface area contributed by atoms with Gasteiger partial charge in [0.25, 0.3) is 0 Å². The van der Waals surface area contributed by atoms with Crippen LogP contribution in [0.15, 0.2) is 0 Å². The van der Waals surface area contributed by atoms with Crippen molar-refractivity contribution in [3.8, 4) is 0 Å². The molecule has 1 fully saturated rings. The van der Waals surface area contributed by atoms with E-state index in [9.17, 15) is 0 Å². The second kappa shape index (κ2) is 2.44. The first-order chi connectivity index (χ1) is 3.84. The Bertz CT molecular complexity index is 76.8. The van der Waals surface area contributed by atoms with Gasteiger partial charge in [0.15, 0.2) is 0 Å². The average molecular weight is 116 g/mol. The van der Waals surface area contributed by atoms with Gasteiger partial charge in [0.2, 0.25) is 0 Å². The topological polar surface area (TPSA) is 38.5 Å². The molecule has 1 unspecified atom stereocenters. The molecule has 0 spiro atoms. The Balaban J connectivity index is 2.30. The fraction of sp³-hybridized carbons (Fsp3) is 1.00. The molecule has 8 heavy (non-hydrogen) atoms. The molecule has 0 aromatic carbocycles. The van der Waals surface area contributed by atoms with Crippen molar-refractivity contribution in [2.45, 2.75) is 19.1 Å². The largest absolute Gasteiger partial charge is 0.365 e. The average Bonchev–Trinajstić information content (AvgIpc) is 2.14. The first kappa shape index (κ1) is 6.01. The summed E-state index contributed by atoms with van der Waals surface area (Å²) in [5, 5.41) is 1.74. The number of hydrogen-bond acceptors (Lipinski definition) is 3. The summed E-state index contributed by atoms with van der Waals surface area (Å²) < 4.78 is 5.02. The molecule has 0 saturated carbocycles. The number of methoxy groups -OCH3 is 1. The van der Waals surface area contributed by atoms with E-state index in [0.717, 1.165) is 19.4 Å². The lowest BCUT2D eigenvalue weighted by atomic mass is 10.4. The maximum Gasteiger partial charge on any atom is 0.122 e. The normalized spacial score (nSPS) is 31.5. The number of hydrazine groups is 1. The van der Waals surface area contributed by atoms with Crippen molar-refractivity contribution in [2.75, 3.05) is 13.7 Å². The molecular formula is C5H12N2O. The molecule has 1 atom stereocenters. The smallest absolute Gasteiger partial charge is 0.122 e. The van der Waals surface area contributed by atoms with Crippen molar-refractivity contribution >= 4 is 0 Å². The predicted octanol–water partition coefficient (Wildman–Crippen LogP) is -0.0716. The number of hydrogen-bond donors (Lipinski definition) is 1. The lowest BCUT2D eigenvalue weighted by Gasteiger charge is -2.15. The quantitative estimate of drug-likeness (QED) is 0.487. The van der Waals surface area contributed by atoms with E-state index < -0.39 is 0 Å². The monoisotopic (exact) mass is 116 g/mol. The molecule has 0 bridgehead atoms. The lowest BCUT2D eigenvalue weighted by Crippen LogP contribution is -2.36. The van der Waals surface area contributed by atoms with Gasteiger partial charge in [-0.1, -0.05) is 0 Å². The van der Waals surface area contributed by atoms with Gasteiger partial charge in [0, 0.05) is 13.7 Å². The Morgan fingerprint density at radius 1 is 1.75 bits per heavy atom. The molecule has 3 nitrogen and oxygen atoms in total. The summed E-state index contributed by atoms with van der Waals surface area (Å²) in [6, 6.07) is 0. The molecule has 1 aliphatic rings. The molecule has 1 rings (SSSR count). The summed E-state index contributed by atoms with van der Waals surface area (Å²) in [6.07, 6.45) is 2.41. The van der Waals surface area contributed by atoms with E-state index in [4.69, 9.17) is 10.6 Å². The molecule has 0 aliphatic carbocycles. The van der Waals surface area contributed by atoms with E-state index in [1.165, 1.54) is 0 Å². The highest BCUT2D eigenvalue weighted by molar-refractivity contribution is 4.65. The lowest BCUT2D eigenvalue weighted by molar-refractivity contribution is -0.00417. The highest BCUT2D eigenvalue weighted by Crippen LogP contribution is 2.12. The van der Waals surface area contributed by atoms with Crippen LogP contribution in [0.1, 0.15) is 12.8 Å². The second-order valence-corrected chi connectivity index (χ2v) is 2.07. The standard InChI is InChI=1S/C5H12N2O/c1-8-5-3-2-4-7(5)6/h5H,2-4,6H2,1H3. The summed E-state index contributed by atoms with van der Waals surface area (Å²) in [7, 11) is 1.69. The maximum absolute atomic E-state index is 5.50. The summed E-state index contributed by atoms with van der Waals surface area (Å²) in [5.74, 6) is 5.50. The van der Waals surface area contributed by atoms with Crippen LogP contribution < -0.4 is 5.84 Å². The molecule has 1 heterocycles. The Morgan fingerprint density at radius 2 is 2.50 bits per heavy atom. The molecule has 0 aromatic heterocycles. The van der Waals surface area contributed by atoms with Gasteiger partial charge in [0.05, 0.1) is 0 Å². The summed E-state index contributed by atoms with van der Waals surface area (Å²) in [5.41, 5.74) is 0. The van der Waals surface area contributed by atoms with Gasteiger partial charge in [-0.05, 0) is 12.8 Å². The molecule has 48 valence electrons. The number of nitrogens with zero attached hydrogens (tertiary/aromatic N) is 1. The minimum absolute atomic E-state index is 0.176. The fourth-order valence-corrected chi connectivity index (χ4v) is 1.01. The van der Waals surface area contributed by atoms with Gasteiger partial charge >= 0.3 is 0 Å². The zero-order valence-electron chi connectivity index (χ0n) is 5.13. The van der Waals surface area contributed by atoms with Crippen LogP contribution in [0, 0.1) is 0 Å². The predicted molar refractivity (Wildman–Crippen MR) is 30.9 cm³/mol. The molecule has 2 N–H and O–H groups in total. The van der Waals surface area contributed by atoms with E-state index in [2.05, 4.69) is 0 Å². The summed E-state index contributed by atoms with van der Waals surface area (Å²) >= 11 is 0. The van der Waals surface area contributed by atoms with Gasteiger partial charge < -0.3 is 4.74 Å². The zero-order chi connectivity index (χ0) is 5.98. The highest BCUT2D eigenvalue weighted by Gasteiger charge is 2.19. The Labute approximate surface area is 49.4 Å². The van der Waals surface area contributed by atoms with E-state index >= 15 is 0 Å². The molecule has 1 aliphatic heterocycles. The molecule has 0 amide bonds. The molecule has 0 radical (unpaired) electrons. The van der Waals surface area contributed by atoms with Crippen LogP contribution in [-0.2, 0) is 4.74 Å². The van der Waals surface area contributed by atoms with Gasteiger partial charge in [0.1, 0.15) is 6.23 Å². The van der Waals surface area contributed by atoms with Crippen molar-refractivity contribution in [1.29, 1.82) is 0 Å².